The lowest BCUT2D eigenvalue weighted by atomic mass is 9.83. The van der Waals surface area contributed by atoms with E-state index in [1.165, 1.54) is 0 Å². The van der Waals surface area contributed by atoms with E-state index < -0.39 is 6.10 Å². The van der Waals surface area contributed by atoms with Gasteiger partial charge in [-0.3, -0.25) is 9.58 Å². The first kappa shape index (κ1) is 15.2. The normalized spacial score (nSPS) is 14.2. The second kappa shape index (κ2) is 6.34. The third-order valence-corrected chi connectivity index (χ3v) is 4.14. The van der Waals surface area contributed by atoms with E-state index in [9.17, 15) is 5.11 Å². The van der Waals surface area contributed by atoms with Gasteiger partial charge >= 0.3 is 0 Å². The first-order valence-corrected chi connectivity index (χ1v) is 6.98. The van der Waals surface area contributed by atoms with Gasteiger partial charge in [-0.25, -0.2) is 0 Å². The summed E-state index contributed by atoms with van der Waals surface area (Å²) >= 11 is 0. The highest BCUT2D eigenvalue weighted by Gasteiger charge is 2.40. The molecule has 0 saturated carbocycles. The lowest BCUT2D eigenvalue weighted by Crippen LogP contribution is -2.52. The quantitative estimate of drug-likeness (QED) is 0.811. The van der Waals surface area contributed by atoms with Crippen LogP contribution in [0.15, 0.2) is 12.3 Å². The van der Waals surface area contributed by atoms with Crippen molar-refractivity contribution in [3.63, 3.8) is 0 Å². The third kappa shape index (κ3) is 2.59. The number of likely N-dealkylation sites (N-methyl/N-ethyl adjacent to an activating group) is 1. The minimum Gasteiger partial charge on any atom is -0.385 e. The fraction of sp³-hybridized carbons (Fsp3) is 0.786. The van der Waals surface area contributed by atoms with Gasteiger partial charge in [-0.15, -0.1) is 0 Å². The van der Waals surface area contributed by atoms with Gasteiger partial charge in [0.05, 0.1) is 11.2 Å². The topological polar surface area (TPSA) is 41.3 Å². The summed E-state index contributed by atoms with van der Waals surface area (Å²) in [6.07, 6.45) is 3.19. The van der Waals surface area contributed by atoms with Crippen LogP contribution in [0.4, 0.5) is 0 Å². The van der Waals surface area contributed by atoms with E-state index in [0.29, 0.717) is 0 Å². The summed E-state index contributed by atoms with van der Waals surface area (Å²) in [5.74, 6) is 0. The second-order valence-electron chi connectivity index (χ2n) is 4.80. The van der Waals surface area contributed by atoms with E-state index in [4.69, 9.17) is 0 Å². The number of aliphatic hydroxyl groups is 1. The maximum absolute atomic E-state index is 10.8. The van der Waals surface area contributed by atoms with Crippen LogP contribution in [0, 0.1) is 0 Å². The van der Waals surface area contributed by atoms with Crippen molar-refractivity contribution in [2.75, 3.05) is 13.1 Å². The molecule has 18 heavy (non-hydrogen) atoms. The van der Waals surface area contributed by atoms with Gasteiger partial charge in [0.25, 0.3) is 0 Å². The maximum atomic E-state index is 10.8. The van der Waals surface area contributed by atoms with E-state index in [1.54, 1.807) is 4.68 Å². The van der Waals surface area contributed by atoms with E-state index >= 15 is 0 Å². The highest BCUT2D eigenvalue weighted by atomic mass is 16.3. The van der Waals surface area contributed by atoms with Crippen LogP contribution in [-0.2, 0) is 7.05 Å². The van der Waals surface area contributed by atoms with Crippen molar-refractivity contribution in [2.45, 2.75) is 52.2 Å². The zero-order valence-corrected chi connectivity index (χ0v) is 12.3. The van der Waals surface area contributed by atoms with Crippen molar-refractivity contribution in [3.8, 4) is 0 Å². The molecular weight excluding hydrogens is 226 g/mol. The zero-order chi connectivity index (χ0) is 13.8. The first-order valence-electron chi connectivity index (χ1n) is 6.98. The van der Waals surface area contributed by atoms with Gasteiger partial charge in [0.2, 0.25) is 0 Å². The van der Waals surface area contributed by atoms with Gasteiger partial charge in [-0.2, -0.15) is 5.10 Å². The molecule has 0 aliphatic carbocycles. The molecule has 0 radical (unpaired) electrons. The first-order chi connectivity index (χ1) is 8.55. The molecule has 1 rings (SSSR count). The van der Waals surface area contributed by atoms with Crippen LogP contribution in [0.3, 0.4) is 0 Å². The molecule has 104 valence electrons. The van der Waals surface area contributed by atoms with E-state index in [2.05, 4.69) is 37.7 Å². The molecule has 0 aromatic carbocycles. The largest absolute Gasteiger partial charge is 0.385 e. The molecule has 1 N–H and O–H groups in total. The molecule has 1 heterocycles. The predicted octanol–water partition coefficient (Wildman–Crippen LogP) is 2.35. The maximum Gasteiger partial charge on any atom is 0.116 e. The molecule has 1 unspecified atom stereocenters. The molecular formula is C14H27N3O. The second-order valence-corrected chi connectivity index (χ2v) is 4.80. The Kier molecular flexibility index (Phi) is 5.35. The van der Waals surface area contributed by atoms with Crippen molar-refractivity contribution in [1.82, 2.24) is 14.7 Å². The van der Waals surface area contributed by atoms with Crippen LogP contribution in [0.5, 0.6) is 0 Å². The average molecular weight is 253 g/mol. The van der Waals surface area contributed by atoms with Crippen molar-refractivity contribution < 1.29 is 5.11 Å². The molecule has 0 spiro atoms. The third-order valence-electron chi connectivity index (χ3n) is 4.14. The number of rotatable bonds is 7. The fourth-order valence-corrected chi connectivity index (χ4v) is 2.96. The molecule has 0 fully saturated rings. The van der Waals surface area contributed by atoms with Crippen LogP contribution in [0.1, 0.15) is 52.3 Å². The summed E-state index contributed by atoms with van der Waals surface area (Å²) in [6.45, 7) is 10.5. The average Bonchev–Trinajstić information content (AvgIpc) is 2.82. The smallest absolute Gasteiger partial charge is 0.116 e. The van der Waals surface area contributed by atoms with Gasteiger partial charge in [-0.1, -0.05) is 27.7 Å². The van der Waals surface area contributed by atoms with Crippen LogP contribution in [0.2, 0.25) is 0 Å². The van der Waals surface area contributed by atoms with E-state index in [0.717, 1.165) is 31.6 Å². The van der Waals surface area contributed by atoms with Crippen molar-refractivity contribution in [1.29, 1.82) is 0 Å². The molecule has 0 aliphatic rings. The Morgan fingerprint density at radius 3 is 2.17 bits per heavy atom. The molecule has 4 heteroatoms. The molecule has 0 saturated heterocycles. The molecule has 0 amide bonds. The van der Waals surface area contributed by atoms with Crippen LogP contribution >= 0.6 is 0 Å². The summed E-state index contributed by atoms with van der Waals surface area (Å²) in [5.41, 5.74) is 0.561. The SMILES string of the molecule is CCN(CC)C(CC)(CC)C(O)c1ccn(C)n1. The Hall–Kier alpha value is -0.870. The zero-order valence-electron chi connectivity index (χ0n) is 12.3. The van der Waals surface area contributed by atoms with E-state index in [-0.39, 0.29) is 5.54 Å². The summed E-state index contributed by atoms with van der Waals surface area (Å²) in [4.78, 5) is 2.35. The van der Waals surface area contributed by atoms with Crippen LogP contribution < -0.4 is 0 Å². The highest BCUT2D eigenvalue weighted by molar-refractivity contribution is 5.11. The van der Waals surface area contributed by atoms with E-state index in [1.807, 2.05) is 19.3 Å². The monoisotopic (exact) mass is 253 g/mol. The lowest BCUT2D eigenvalue weighted by molar-refractivity contribution is -0.0389. The predicted molar refractivity (Wildman–Crippen MR) is 74.4 cm³/mol. The minimum atomic E-state index is -0.534. The van der Waals surface area contributed by atoms with Crippen LogP contribution in [0.25, 0.3) is 0 Å². The standard InChI is InChI=1S/C14H27N3O/c1-6-14(7-2,17(8-3)9-4)13(18)12-10-11-16(5)15-12/h10-11,13,18H,6-9H2,1-5H3. The Balaban J connectivity index is 3.10. The number of aliphatic hydroxyl groups excluding tert-OH is 1. The minimum absolute atomic E-state index is 0.210. The number of hydrogen-bond acceptors (Lipinski definition) is 3. The summed E-state index contributed by atoms with van der Waals surface area (Å²) in [7, 11) is 1.88. The van der Waals surface area contributed by atoms with Gasteiger partial charge in [0.1, 0.15) is 6.10 Å². The summed E-state index contributed by atoms with van der Waals surface area (Å²) in [6, 6.07) is 1.91. The number of nitrogens with zero attached hydrogens (tertiary/aromatic N) is 3. The Bertz CT molecular complexity index is 354. The summed E-state index contributed by atoms with van der Waals surface area (Å²) < 4.78 is 1.75. The molecule has 1 aromatic rings. The molecule has 0 bridgehead atoms. The summed E-state index contributed by atoms with van der Waals surface area (Å²) in [5, 5.41) is 15.1. The van der Waals surface area contributed by atoms with Crippen molar-refractivity contribution >= 4 is 0 Å². The number of hydrogen-bond donors (Lipinski definition) is 1. The molecule has 0 aliphatic heterocycles. The Morgan fingerprint density at radius 2 is 1.83 bits per heavy atom. The van der Waals surface area contributed by atoms with Gasteiger partial charge in [-0.05, 0) is 32.0 Å². The Labute approximate surface area is 111 Å². The molecule has 4 nitrogen and oxygen atoms in total. The molecule has 1 aromatic heterocycles. The molecule has 1 atom stereocenters. The van der Waals surface area contributed by atoms with Crippen LogP contribution in [-0.4, -0.2) is 38.4 Å². The van der Waals surface area contributed by atoms with Gasteiger partial charge < -0.3 is 5.11 Å². The number of aromatic nitrogens is 2. The fourth-order valence-electron chi connectivity index (χ4n) is 2.96. The highest BCUT2D eigenvalue weighted by Crippen LogP contribution is 2.36. The lowest BCUT2D eigenvalue weighted by Gasteiger charge is -2.45. The van der Waals surface area contributed by atoms with Crippen molar-refractivity contribution in [3.05, 3.63) is 18.0 Å². The van der Waals surface area contributed by atoms with Gasteiger partial charge in [0, 0.05) is 13.2 Å². The Morgan fingerprint density at radius 1 is 1.28 bits per heavy atom. The van der Waals surface area contributed by atoms with Crippen molar-refractivity contribution in [2.24, 2.45) is 7.05 Å². The number of aryl methyl sites for hydroxylation is 1. The van der Waals surface area contributed by atoms with Gasteiger partial charge in [0.15, 0.2) is 0 Å².